The van der Waals surface area contributed by atoms with Crippen LogP contribution in [-0.2, 0) is 4.79 Å². The number of aliphatic hydroxyl groups excluding tert-OH is 2. The normalized spacial score (nSPS) is 13.4. The first-order valence-electron chi connectivity index (χ1n) is 26.7. The lowest BCUT2D eigenvalue weighted by Crippen LogP contribution is -2.45. The largest absolute Gasteiger partial charge is 0.394 e. The molecular weight excluding hydrogens is 747 g/mol. The molecule has 0 spiro atoms. The number of hydrogen-bond donors (Lipinski definition) is 3. The van der Waals surface area contributed by atoms with Crippen molar-refractivity contribution in [2.75, 3.05) is 6.61 Å². The summed E-state index contributed by atoms with van der Waals surface area (Å²) in [5.74, 6) is -0.0677. The average molecular weight is 850 g/mol. The fraction of sp³-hybridized carbons (Fsp3) is 0.772. The molecule has 0 fully saturated rings. The van der Waals surface area contributed by atoms with Crippen molar-refractivity contribution in [1.82, 2.24) is 5.32 Å². The molecule has 1 amide bonds. The smallest absolute Gasteiger partial charge is 0.220 e. The Labute approximate surface area is 380 Å². The van der Waals surface area contributed by atoms with E-state index in [0.717, 1.165) is 57.8 Å². The maximum atomic E-state index is 12.5. The van der Waals surface area contributed by atoms with Gasteiger partial charge < -0.3 is 15.5 Å². The molecule has 4 nitrogen and oxygen atoms in total. The topological polar surface area (TPSA) is 69.6 Å². The minimum Gasteiger partial charge on any atom is -0.394 e. The van der Waals surface area contributed by atoms with Gasteiger partial charge in [-0.1, -0.05) is 267 Å². The van der Waals surface area contributed by atoms with Gasteiger partial charge in [0.2, 0.25) is 5.91 Å². The molecule has 0 aromatic heterocycles. The van der Waals surface area contributed by atoms with Crippen LogP contribution in [0.5, 0.6) is 0 Å². The van der Waals surface area contributed by atoms with E-state index in [0.29, 0.717) is 6.42 Å². The summed E-state index contributed by atoms with van der Waals surface area (Å²) < 4.78 is 0. The third-order valence-corrected chi connectivity index (χ3v) is 11.9. The van der Waals surface area contributed by atoms with E-state index in [1.807, 2.05) is 6.08 Å². The molecular formula is C57H103NO3. The first kappa shape index (κ1) is 58.8. The van der Waals surface area contributed by atoms with Crippen LogP contribution < -0.4 is 5.32 Å². The second kappa shape index (κ2) is 52.2. The minimum atomic E-state index is -0.844. The number of aliphatic hydroxyl groups is 2. The van der Waals surface area contributed by atoms with Crippen molar-refractivity contribution in [3.05, 3.63) is 72.9 Å². The first-order chi connectivity index (χ1) is 30.2. The van der Waals surface area contributed by atoms with Crippen molar-refractivity contribution in [1.29, 1.82) is 0 Å². The maximum absolute atomic E-state index is 12.5. The Morgan fingerprint density at radius 1 is 0.410 bits per heavy atom. The second-order valence-electron chi connectivity index (χ2n) is 17.9. The molecule has 0 aromatic carbocycles. The van der Waals surface area contributed by atoms with Crippen molar-refractivity contribution < 1.29 is 15.0 Å². The molecule has 0 aliphatic heterocycles. The molecule has 0 bridgehead atoms. The van der Waals surface area contributed by atoms with Gasteiger partial charge in [0, 0.05) is 6.42 Å². The number of allylic oxidation sites excluding steroid dienone is 11. The molecule has 2 atom stereocenters. The lowest BCUT2D eigenvalue weighted by atomic mass is 10.0. The molecule has 0 heterocycles. The second-order valence-corrected chi connectivity index (χ2v) is 17.9. The Morgan fingerprint density at radius 3 is 1.08 bits per heavy atom. The van der Waals surface area contributed by atoms with Gasteiger partial charge in [0.05, 0.1) is 18.8 Å². The van der Waals surface area contributed by atoms with Crippen LogP contribution in [-0.4, -0.2) is 34.9 Å². The molecule has 3 N–H and O–H groups in total. The van der Waals surface area contributed by atoms with Gasteiger partial charge in [0.1, 0.15) is 0 Å². The van der Waals surface area contributed by atoms with Crippen LogP contribution in [0.1, 0.15) is 264 Å². The van der Waals surface area contributed by atoms with Crippen molar-refractivity contribution >= 4 is 5.91 Å². The molecule has 0 rings (SSSR count). The molecule has 0 radical (unpaired) electrons. The van der Waals surface area contributed by atoms with Gasteiger partial charge in [-0.3, -0.25) is 4.79 Å². The standard InChI is InChI=1S/C57H103NO3/c1-3-5-7-9-11-13-15-17-19-21-23-25-27-28-29-30-31-33-35-37-39-41-43-45-47-49-51-53-57(61)58-55(54-59)56(60)52-50-48-46-44-42-40-38-36-34-32-26-24-22-20-18-16-14-12-10-8-6-4-2/h5,7,11,13,17,19,23,25,28-29,50,52,55-56,59-60H,3-4,6,8-10,12,14-16,18,20-22,24,26-27,30-49,51,53-54H2,1-2H3,(H,58,61)/b7-5-,13-11-,19-17-,25-23-,29-28-,52-50+. The fourth-order valence-electron chi connectivity index (χ4n) is 7.91. The Balaban J connectivity index is 3.55. The number of amides is 1. The van der Waals surface area contributed by atoms with E-state index in [1.54, 1.807) is 6.08 Å². The summed E-state index contributed by atoms with van der Waals surface area (Å²) in [5.41, 5.74) is 0. The third kappa shape index (κ3) is 48.7. The van der Waals surface area contributed by atoms with Gasteiger partial charge in [0.15, 0.2) is 0 Å². The minimum absolute atomic E-state index is 0.0677. The molecule has 0 saturated heterocycles. The Morgan fingerprint density at radius 2 is 0.721 bits per heavy atom. The monoisotopic (exact) mass is 850 g/mol. The zero-order valence-electron chi connectivity index (χ0n) is 40.7. The Hall–Kier alpha value is -2.17. The lowest BCUT2D eigenvalue weighted by molar-refractivity contribution is -0.123. The van der Waals surface area contributed by atoms with Gasteiger partial charge in [0.25, 0.3) is 0 Å². The quantitative estimate of drug-likeness (QED) is 0.0422. The highest BCUT2D eigenvalue weighted by Crippen LogP contribution is 2.16. The highest BCUT2D eigenvalue weighted by atomic mass is 16.3. The fourth-order valence-corrected chi connectivity index (χ4v) is 7.91. The molecule has 0 saturated carbocycles. The first-order valence-corrected chi connectivity index (χ1v) is 26.7. The number of rotatable bonds is 48. The summed E-state index contributed by atoms with van der Waals surface area (Å²) >= 11 is 0. The number of carbonyl (C=O) groups excluding carboxylic acids is 1. The van der Waals surface area contributed by atoms with E-state index in [4.69, 9.17) is 0 Å². The summed E-state index contributed by atoms with van der Waals surface area (Å²) in [6.45, 7) is 4.21. The molecule has 0 aliphatic rings. The summed E-state index contributed by atoms with van der Waals surface area (Å²) in [6, 6.07) is -0.628. The van der Waals surface area contributed by atoms with Gasteiger partial charge >= 0.3 is 0 Å². The molecule has 354 valence electrons. The average Bonchev–Trinajstić information content (AvgIpc) is 3.26. The number of unbranched alkanes of at least 4 members (excludes halogenated alkanes) is 31. The van der Waals surface area contributed by atoms with Crippen molar-refractivity contribution in [3.63, 3.8) is 0 Å². The lowest BCUT2D eigenvalue weighted by Gasteiger charge is -2.20. The van der Waals surface area contributed by atoms with Crippen LogP contribution in [0, 0.1) is 0 Å². The maximum Gasteiger partial charge on any atom is 0.220 e. The SMILES string of the molecule is CC/C=C\C/C=C\C/C=C\C/C=C\C/C=C\CCCCCCCCCCCCCC(=O)NC(CO)C(O)/C=C/CCCCCCCCCCCCCCCCCCCCCC. The van der Waals surface area contributed by atoms with E-state index < -0.39 is 12.1 Å². The van der Waals surface area contributed by atoms with E-state index in [9.17, 15) is 15.0 Å². The van der Waals surface area contributed by atoms with Gasteiger partial charge in [-0.25, -0.2) is 0 Å². The van der Waals surface area contributed by atoms with Gasteiger partial charge in [-0.05, 0) is 64.2 Å². The summed E-state index contributed by atoms with van der Waals surface area (Å²) in [6.07, 6.45) is 74.7. The van der Waals surface area contributed by atoms with Crippen molar-refractivity contribution in [2.45, 2.75) is 276 Å². The number of nitrogens with one attached hydrogen (secondary N) is 1. The summed E-state index contributed by atoms with van der Waals surface area (Å²) in [4.78, 5) is 12.5. The van der Waals surface area contributed by atoms with Crippen LogP contribution >= 0.6 is 0 Å². The van der Waals surface area contributed by atoms with Gasteiger partial charge in [-0.2, -0.15) is 0 Å². The van der Waals surface area contributed by atoms with E-state index in [-0.39, 0.29) is 12.5 Å². The van der Waals surface area contributed by atoms with E-state index in [1.165, 1.54) is 186 Å². The Kier molecular flexibility index (Phi) is 50.3. The summed E-state index contributed by atoms with van der Waals surface area (Å²) in [5, 5.41) is 23.2. The van der Waals surface area contributed by atoms with E-state index >= 15 is 0 Å². The molecule has 4 heteroatoms. The Bertz CT molecular complexity index is 1050. The molecule has 0 aliphatic carbocycles. The third-order valence-electron chi connectivity index (χ3n) is 11.9. The predicted octanol–water partition coefficient (Wildman–Crippen LogP) is 17.4. The van der Waals surface area contributed by atoms with Crippen LogP contribution in [0.2, 0.25) is 0 Å². The van der Waals surface area contributed by atoms with Crippen LogP contribution in [0.15, 0.2) is 72.9 Å². The number of hydrogen-bond acceptors (Lipinski definition) is 3. The van der Waals surface area contributed by atoms with Crippen molar-refractivity contribution in [3.8, 4) is 0 Å². The summed E-state index contributed by atoms with van der Waals surface area (Å²) in [7, 11) is 0. The molecule has 0 aromatic rings. The number of carbonyl (C=O) groups is 1. The van der Waals surface area contributed by atoms with Crippen LogP contribution in [0.3, 0.4) is 0 Å². The highest BCUT2D eigenvalue weighted by molar-refractivity contribution is 5.76. The van der Waals surface area contributed by atoms with Crippen molar-refractivity contribution in [2.24, 2.45) is 0 Å². The highest BCUT2D eigenvalue weighted by Gasteiger charge is 2.18. The van der Waals surface area contributed by atoms with Crippen LogP contribution in [0.25, 0.3) is 0 Å². The molecule has 61 heavy (non-hydrogen) atoms. The zero-order valence-corrected chi connectivity index (χ0v) is 40.7. The van der Waals surface area contributed by atoms with Crippen LogP contribution in [0.4, 0.5) is 0 Å². The van der Waals surface area contributed by atoms with E-state index in [2.05, 4.69) is 79.9 Å². The zero-order chi connectivity index (χ0) is 44.2. The van der Waals surface area contributed by atoms with Gasteiger partial charge in [-0.15, -0.1) is 0 Å². The molecule has 2 unspecified atom stereocenters. The predicted molar refractivity (Wildman–Crippen MR) is 271 cm³/mol.